The highest BCUT2D eigenvalue weighted by molar-refractivity contribution is 5.79. The number of carbonyl (C=O) groups excluding carboxylic acids is 1. The number of benzene rings is 1. The summed E-state index contributed by atoms with van der Waals surface area (Å²) in [6.07, 6.45) is 2.40. The molecule has 0 spiro atoms. The summed E-state index contributed by atoms with van der Waals surface area (Å²) in [6.45, 7) is 4.08. The van der Waals surface area contributed by atoms with Crippen LogP contribution in [0.4, 0.5) is 0 Å². The predicted octanol–water partition coefficient (Wildman–Crippen LogP) is 2.18. The molecule has 0 N–H and O–H groups in total. The van der Waals surface area contributed by atoms with Gasteiger partial charge in [-0.05, 0) is 18.4 Å². The standard InChI is InChI=1S/C21H28N4O3/c1-27-12-9-24-15-18(13-19(24)26)21-22-20(17-7-10-28-11-8-17)23-25(21)14-16-5-3-2-4-6-16/h2-6,17-18H,7-15H2,1H3. The molecule has 2 aromatic rings. The SMILES string of the molecule is COCCN1CC(c2nc(C3CCOCC3)nn2Cc2ccccc2)CC1=O. The van der Waals surface area contributed by atoms with Gasteiger partial charge in [0.05, 0.1) is 13.2 Å². The molecule has 1 aromatic heterocycles. The normalized spacial score (nSPS) is 20.8. The maximum atomic E-state index is 12.4. The van der Waals surface area contributed by atoms with Crippen molar-refractivity contribution >= 4 is 5.91 Å². The van der Waals surface area contributed by atoms with Crippen LogP contribution in [0.5, 0.6) is 0 Å². The van der Waals surface area contributed by atoms with Crippen LogP contribution in [0, 0.1) is 0 Å². The zero-order valence-corrected chi connectivity index (χ0v) is 16.4. The molecule has 2 aliphatic heterocycles. The molecule has 2 saturated heterocycles. The van der Waals surface area contributed by atoms with Crippen molar-refractivity contribution < 1.29 is 14.3 Å². The van der Waals surface area contributed by atoms with Gasteiger partial charge in [0.15, 0.2) is 5.82 Å². The van der Waals surface area contributed by atoms with Crippen molar-refractivity contribution in [3.8, 4) is 0 Å². The van der Waals surface area contributed by atoms with Gasteiger partial charge in [0.1, 0.15) is 5.82 Å². The summed E-state index contributed by atoms with van der Waals surface area (Å²) in [6, 6.07) is 10.3. The van der Waals surface area contributed by atoms with Crippen LogP contribution in [-0.4, -0.2) is 65.6 Å². The van der Waals surface area contributed by atoms with Crippen molar-refractivity contribution in [2.45, 2.75) is 37.6 Å². The Balaban J connectivity index is 1.58. The van der Waals surface area contributed by atoms with Gasteiger partial charge < -0.3 is 14.4 Å². The Kier molecular flexibility index (Phi) is 6.02. The lowest BCUT2D eigenvalue weighted by Crippen LogP contribution is -2.28. The fourth-order valence-corrected chi connectivity index (χ4v) is 4.04. The molecule has 1 amide bonds. The molecule has 1 atom stereocenters. The molecular weight excluding hydrogens is 356 g/mol. The number of nitrogens with zero attached hydrogens (tertiary/aromatic N) is 4. The number of amides is 1. The largest absolute Gasteiger partial charge is 0.383 e. The summed E-state index contributed by atoms with van der Waals surface area (Å²) in [5.74, 6) is 2.42. The van der Waals surface area contributed by atoms with Gasteiger partial charge in [0.2, 0.25) is 5.91 Å². The number of likely N-dealkylation sites (tertiary alicyclic amines) is 1. The number of ether oxygens (including phenoxy) is 2. The first-order chi connectivity index (χ1) is 13.7. The van der Waals surface area contributed by atoms with E-state index in [-0.39, 0.29) is 11.8 Å². The molecule has 2 aliphatic rings. The summed E-state index contributed by atoms with van der Waals surface area (Å²) in [4.78, 5) is 19.3. The first-order valence-electron chi connectivity index (χ1n) is 10.1. The Morgan fingerprint density at radius 1 is 1.18 bits per heavy atom. The minimum Gasteiger partial charge on any atom is -0.383 e. The van der Waals surface area contributed by atoms with Crippen molar-refractivity contribution in [3.05, 3.63) is 47.5 Å². The van der Waals surface area contributed by atoms with Gasteiger partial charge in [0.25, 0.3) is 0 Å². The molecule has 1 unspecified atom stereocenters. The molecule has 7 nitrogen and oxygen atoms in total. The topological polar surface area (TPSA) is 69.5 Å². The van der Waals surface area contributed by atoms with E-state index < -0.39 is 0 Å². The molecule has 1 aromatic carbocycles. The molecule has 2 fully saturated rings. The van der Waals surface area contributed by atoms with Gasteiger partial charge in [-0.3, -0.25) is 4.79 Å². The second-order valence-electron chi connectivity index (χ2n) is 7.59. The monoisotopic (exact) mass is 384 g/mol. The van der Waals surface area contributed by atoms with Gasteiger partial charge >= 0.3 is 0 Å². The minimum atomic E-state index is 0.0779. The van der Waals surface area contributed by atoms with E-state index in [4.69, 9.17) is 19.6 Å². The number of hydrogen-bond acceptors (Lipinski definition) is 5. The van der Waals surface area contributed by atoms with Gasteiger partial charge in [-0.15, -0.1) is 0 Å². The summed E-state index contributed by atoms with van der Waals surface area (Å²) in [7, 11) is 1.66. The van der Waals surface area contributed by atoms with Crippen LogP contribution < -0.4 is 0 Å². The van der Waals surface area contributed by atoms with Gasteiger partial charge in [0, 0.05) is 51.7 Å². The zero-order valence-electron chi connectivity index (χ0n) is 16.4. The zero-order chi connectivity index (χ0) is 19.3. The van der Waals surface area contributed by atoms with Crippen LogP contribution in [0.15, 0.2) is 30.3 Å². The maximum absolute atomic E-state index is 12.4. The van der Waals surface area contributed by atoms with Crippen LogP contribution in [0.1, 0.15) is 48.3 Å². The third-order valence-electron chi connectivity index (χ3n) is 5.62. The van der Waals surface area contributed by atoms with Gasteiger partial charge in [-0.2, -0.15) is 5.10 Å². The molecule has 150 valence electrons. The third kappa shape index (κ3) is 4.25. The van der Waals surface area contributed by atoms with Crippen LogP contribution in [0.3, 0.4) is 0 Å². The molecule has 7 heteroatoms. The number of aromatic nitrogens is 3. The summed E-state index contributed by atoms with van der Waals surface area (Å²) >= 11 is 0. The molecule has 0 radical (unpaired) electrons. The Bertz CT molecular complexity index is 786. The lowest BCUT2D eigenvalue weighted by molar-refractivity contribution is -0.128. The number of rotatable bonds is 7. The Morgan fingerprint density at radius 3 is 2.71 bits per heavy atom. The average molecular weight is 384 g/mol. The average Bonchev–Trinajstić information content (AvgIpc) is 3.31. The highest BCUT2D eigenvalue weighted by atomic mass is 16.5. The third-order valence-corrected chi connectivity index (χ3v) is 5.62. The minimum absolute atomic E-state index is 0.0779. The fourth-order valence-electron chi connectivity index (χ4n) is 4.04. The van der Waals surface area contributed by atoms with Gasteiger partial charge in [-0.1, -0.05) is 30.3 Å². The van der Waals surface area contributed by atoms with Crippen LogP contribution in [0.2, 0.25) is 0 Å². The van der Waals surface area contributed by atoms with Gasteiger partial charge in [-0.25, -0.2) is 9.67 Å². The molecule has 0 bridgehead atoms. The first kappa shape index (κ1) is 19.1. The van der Waals surface area contributed by atoms with E-state index in [0.29, 0.717) is 38.6 Å². The number of hydrogen-bond donors (Lipinski definition) is 0. The van der Waals surface area contributed by atoms with Crippen LogP contribution in [-0.2, 0) is 20.8 Å². The lowest BCUT2D eigenvalue weighted by Gasteiger charge is -2.18. The Morgan fingerprint density at radius 2 is 1.96 bits per heavy atom. The highest BCUT2D eigenvalue weighted by Crippen LogP contribution is 2.30. The van der Waals surface area contributed by atoms with Crippen molar-refractivity contribution in [2.24, 2.45) is 0 Å². The molecular formula is C21H28N4O3. The molecule has 0 aliphatic carbocycles. The molecule has 3 heterocycles. The highest BCUT2D eigenvalue weighted by Gasteiger charge is 2.34. The van der Waals surface area contributed by atoms with E-state index in [2.05, 4.69) is 12.1 Å². The fraction of sp³-hybridized carbons (Fsp3) is 0.571. The number of methoxy groups -OCH3 is 1. The summed E-state index contributed by atoms with van der Waals surface area (Å²) in [5, 5.41) is 4.88. The van der Waals surface area contributed by atoms with Crippen molar-refractivity contribution in [2.75, 3.05) is 40.0 Å². The molecule has 28 heavy (non-hydrogen) atoms. The Hall–Kier alpha value is -2.25. The van der Waals surface area contributed by atoms with Crippen LogP contribution >= 0.6 is 0 Å². The van der Waals surface area contributed by atoms with E-state index in [1.54, 1.807) is 7.11 Å². The van der Waals surface area contributed by atoms with E-state index >= 15 is 0 Å². The second kappa shape index (κ2) is 8.84. The lowest BCUT2D eigenvalue weighted by atomic mass is 10.00. The van der Waals surface area contributed by atoms with Crippen molar-refractivity contribution in [3.63, 3.8) is 0 Å². The Labute approximate surface area is 165 Å². The smallest absolute Gasteiger partial charge is 0.223 e. The molecule has 4 rings (SSSR count). The van der Waals surface area contributed by atoms with Crippen molar-refractivity contribution in [1.82, 2.24) is 19.7 Å². The number of carbonyl (C=O) groups is 1. The quantitative estimate of drug-likeness (QED) is 0.732. The summed E-state index contributed by atoms with van der Waals surface area (Å²) in [5.41, 5.74) is 1.19. The summed E-state index contributed by atoms with van der Waals surface area (Å²) < 4.78 is 12.6. The van der Waals surface area contributed by atoms with Crippen molar-refractivity contribution in [1.29, 1.82) is 0 Å². The van der Waals surface area contributed by atoms with Crippen LogP contribution in [0.25, 0.3) is 0 Å². The maximum Gasteiger partial charge on any atom is 0.223 e. The van der Waals surface area contributed by atoms with E-state index in [0.717, 1.165) is 37.7 Å². The predicted molar refractivity (Wildman–Crippen MR) is 104 cm³/mol. The van der Waals surface area contributed by atoms with E-state index in [9.17, 15) is 4.79 Å². The van der Waals surface area contributed by atoms with E-state index in [1.807, 2.05) is 27.8 Å². The second-order valence-corrected chi connectivity index (χ2v) is 7.59. The first-order valence-corrected chi connectivity index (χ1v) is 10.1. The molecule has 0 saturated carbocycles. The van der Waals surface area contributed by atoms with E-state index in [1.165, 1.54) is 5.56 Å².